The van der Waals surface area contributed by atoms with E-state index >= 15 is 0 Å². The highest BCUT2D eigenvalue weighted by Crippen LogP contribution is 2.44. The number of rotatable bonds is 10. The SMILES string of the molecule is CCCCC1CC(Nc2cccc(OC(F)F)n2)C(c2cccc(OC)n2)N1C(=O)C1(C)CCCOC1. The molecule has 4 atom stereocenters. The summed E-state index contributed by atoms with van der Waals surface area (Å²) in [6.07, 6.45) is 5.08. The summed E-state index contributed by atoms with van der Waals surface area (Å²) in [5.74, 6) is 0.733. The van der Waals surface area contributed by atoms with E-state index in [2.05, 4.69) is 22.0 Å². The number of hydrogen-bond donors (Lipinski definition) is 1. The lowest BCUT2D eigenvalue weighted by molar-refractivity contribution is -0.152. The molecule has 0 radical (unpaired) electrons. The van der Waals surface area contributed by atoms with Crippen molar-refractivity contribution in [2.24, 2.45) is 5.41 Å². The molecule has 10 heteroatoms. The summed E-state index contributed by atoms with van der Waals surface area (Å²) in [7, 11) is 1.56. The molecule has 0 spiro atoms. The highest BCUT2D eigenvalue weighted by molar-refractivity contribution is 5.84. The topological polar surface area (TPSA) is 85.8 Å². The molecule has 0 bridgehead atoms. The van der Waals surface area contributed by atoms with Crippen molar-refractivity contribution in [2.75, 3.05) is 25.6 Å². The van der Waals surface area contributed by atoms with Gasteiger partial charge in [-0.1, -0.05) is 31.9 Å². The summed E-state index contributed by atoms with van der Waals surface area (Å²) in [6.45, 7) is 2.19. The van der Waals surface area contributed by atoms with E-state index in [1.807, 2.05) is 24.0 Å². The molecule has 2 aromatic rings. The number of nitrogens with one attached hydrogen (secondary N) is 1. The second-order valence-electron chi connectivity index (χ2n) is 10.0. The number of unbranched alkanes of at least 4 members (excludes halogenated alkanes) is 1. The molecule has 1 N–H and O–H groups in total. The molecule has 0 aromatic carbocycles. The molecule has 4 rings (SSSR count). The third-order valence-electron chi connectivity index (χ3n) is 7.20. The molecule has 37 heavy (non-hydrogen) atoms. The summed E-state index contributed by atoms with van der Waals surface area (Å²) in [6, 6.07) is 9.53. The van der Waals surface area contributed by atoms with Crippen LogP contribution < -0.4 is 14.8 Å². The van der Waals surface area contributed by atoms with Crippen molar-refractivity contribution in [3.05, 3.63) is 42.1 Å². The van der Waals surface area contributed by atoms with Crippen LogP contribution in [0.4, 0.5) is 14.6 Å². The fraction of sp³-hybridized carbons (Fsp3) is 0.593. The monoisotopic (exact) mass is 518 g/mol. The van der Waals surface area contributed by atoms with Gasteiger partial charge in [-0.05, 0) is 44.7 Å². The molecular formula is C27H36F2N4O4. The van der Waals surface area contributed by atoms with Gasteiger partial charge in [-0.15, -0.1) is 0 Å². The minimum Gasteiger partial charge on any atom is -0.481 e. The Labute approximate surface area is 216 Å². The van der Waals surface area contributed by atoms with Crippen molar-refractivity contribution in [3.63, 3.8) is 0 Å². The molecule has 4 unspecified atom stereocenters. The van der Waals surface area contributed by atoms with Crippen LogP contribution in [0.1, 0.15) is 64.1 Å². The van der Waals surface area contributed by atoms with E-state index in [0.29, 0.717) is 37.0 Å². The largest absolute Gasteiger partial charge is 0.481 e. The lowest BCUT2D eigenvalue weighted by Crippen LogP contribution is -2.50. The van der Waals surface area contributed by atoms with Crippen molar-refractivity contribution >= 4 is 11.7 Å². The number of alkyl halides is 2. The molecule has 2 fully saturated rings. The first-order valence-corrected chi connectivity index (χ1v) is 12.9. The third kappa shape index (κ3) is 6.29. The molecule has 1 amide bonds. The van der Waals surface area contributed by atoms with Crippen LogP contribution in [-0.2, 0) is 9.53 Å². The molecule has 202 valence electrons. The quantitative estimate of drug-likeness (QED) is 0.462. The minimum absolute atomic E-state index is 0.0257. The summed E-state index contributed by atoms with van der Waals surface area (Å²) < 4.78 is 41.2. The van der Waals surface area contributed by atoms with E-state index in [9.17, 15) is 13.6 Å². The summed E-state index contributed by atoms with van der Waals surface area (Å²) in [4.78, 5) is 25.2. The van der Waals surface area contributed by atoms with Crippen LogP contribution in [-0.4, -0.2) is 59.8 Å². The van der Waals surface area contributed by atoms with E-state index in [4.69, 9.17) is 14.5 Å². The number of hydrogen-bond acceptors (Lipinski definition) is 7. The van der Waals surface area contributed by atoms with E-state index in [0.717, 1.165) is 32.1 Å². The molecule has 2 aromatic heterocycles. The Hall–Kier alpha value is -3.01. The number of methoxy groups -OCH3 is 1. The van der Waals surface area contributed by atoms with Gasteiger partial charge >= 0.3 is 6.61 Å². The maximum absolute atomic E-state index is 14.2. The minimum atomic E-state index is -2.96. The van der Waals surface area contributed by atoms with Gasteiger partial charge in [-0.3, -0.25) is 4.79 Å². The molecule has 8 nitrogen and oxygen atoms in total. The first kappa shape index (κ1) is 27.0. The normalized spacial score (nSPS) is 25.8. The van der Waals surface area contributed by atoms with Gasteiger partial charge in [0.25, 0.3) is 0 Å². The van der Waals surface area contributed by atoms with E-state index in [1.165, 1.54) is 6.07 Å². The fourth-order valence-corrected chi connectivity index (χ4v) is 5.40. The van der Waals surface area contributed by atoms with Gasteiger partial charge in [0.15, 0.2) is 0 Å². The Morgan fingerprint density at radius 1 is 1.24 bits per heavy atom. The van der Waals surface area contributed by atoms with Crippen molar-refractivity contribution in [2.45, 2.75) is 77.1 Å². The number of carbonyl (C=O) groups is 1. The maximum Gasteiger partial charge on any atom is 0.388 e. The Morgan fingerprint density at radius 3 is 2.73 bits per heavy atom. The number of carbonyl (C=O) groups excluding carboxylic acids is 1. The Morgan fingerprint density at radius 2 is 2.03 bits per heavy atom. The first-order chi connectivity index (χ1) is 17.8. The number of likely N-dealkylation sites (tertiary alicyclic amines) is 1. The zero-order valence-corrected chi connectivity index (χ0v) is 21.7. The summed E-state index contributed by atoms with van der Waals surface area (Å²) in [5, 5.41) is 3.41. The average Bonchev–Trinajstić information content (AvgIpc) is 3.24. The van der Waals surface area contributed by atoms with Crippen LogP contribution >= 0.6 is 0 Å². The first-order valence-electron chi connectivity index (χ1n) is 12.9. The lowest BCUT2D eigenvalue weighted by atomic mass is 9.82. The van der Waals surface area contributed by atoms with Gasteiger partial charge in [0.05, 0.1) is 36.9 Å². The fourth-order valence-electron chi connectivity index (χ4n) is 5.40. The summed E-state index contributed by atoms with van der Waals surface area (Å²) >= 11 is 0. The Balaban J connectivity index is 1.72. The second-order valence-corrected chi connectivity index (χ2v) is 10.0. The van der Waals surface area contributed by atoms with Crippen molar-refractivity contribution < 1.29 is 27.8 Å². The van der Waals surface area contributed by atoms with Crippen LogP contribution in [0.2, 0.25) is 0 Å². The third-order valence-corrected chi connectivity index (χ3v) is 7.20. The molecule has 0 aliphatic carbocycles. The van der Waals surface area contributed by atoms with Gasteiger partial charge in [-0.2, -0.15) is 13.8 Å². The molecule has 2 aliphatic heterocycles. The Kier molecular flexibility index (Phi) is 8.79. The van der Waals surface area contributed by atoms with Crippen molar-refractivity contribution in [3.8, 4) is 11.8 Å². The van der Waals surface area contributed by atoms with E-state index in [1.54, 1.807) is 25.3 Å². The lowest BCUT2D eigenvalue weighted by Gasteiger charge is -2.40. The van der Waals surface area contributed by atoms with Gasteiger partial charge in [0.1, 0.15) is 5.82 Å². The molecule has 0 saturated carbocycles. The molecule has 2 saturated heterocycles. The van der Waals surface area contributed by atoms with Gasteiger partial charge in [0, 0.05) is 24.8 Å². The predicted octanol–water partition coefficient (Wildman–Crippen LogP) is 5.22. The second kappa shape index (κ2) is 12.0. The number of ether oxygens (including phenoxy) is 3. The van der Waals surface area contributed by atoms with Crippen LogP contribution in [0.15, 0.2) is 36.4 Å². The van der Waals surface area contributed by atoms with E-state index < -0.39 is 18.1 Å². The standard InChI is InChI=1S/C27H36F2N4O4/c1-4-5-9-18-16-20(30-21-11-7-13-23(32-21)37-26(28)29)24(19-10-6-12-22(31-19)35-3)33(18)25(34)27(2)14-8-15-36-17-27/h6-7,10-13,18,20,24,26H,4-5,8-9,14-17H2,1-3H3,(H,30,32). The smallest absolute Gasteiger partial charge is 0.388 e. The van der Waals surface area contributed by atoms with Crippen molar-refractivity contribution in [1.82, 2.24) is 14.9 Å². The molecule has 2 aliphatic rings. The number of pyridine rings is 2. The number of halogens is 2. The van der Waals surface area contributed by atoms with Gasteiger partial charge < -0.3 is 24.4 Å². The van der Waals surface area contributed by atoms with E-state index in [-0.39, 0.29) is 23.9 Å². The number of nitrogens with zero attached hydrogens (tertiary/aromatic N) is 3. The molecule has 4 heterocycles. The summed E-state index contributed by atoms with van der Waals surface area (Å²) in [5.41, 5.74) is 0.0716. The van der Waals surface area contributed by atoms with Crippen LogP contribution in [0, 0.1) is 5.41 Å². The zero-order chi connectivity index (χ0) is 26.4. The van der Waals surface area contributed by atoms with Crippen LogP contribution in [0.5, 0.6) is 11.8 Å². The highest BCUT2D eigenvalue weighted by atomic mass is 19.3. The maximum atomic E-state index is 14.2. The van der Waals surface area contributed by atoms with Crippen LogP contribution in [0.3, 0.4) is 0 Å². The Bertz CT molecular complexity index is 1050. The average molecular weight is 519 g/mol. The zero-order valence-electron chi connectivity index (χ0n) is 21.7. The van der Waals surface area contributed by atoms with Crippen molar-refractivity contribution in [1.29, 1.82) is 0 Å². The number of amides is 1. The number of anilines is 1. The number of aromatic nitrogens is 2. The van der Waals surface area contributed by atoms with Gasteiger partial charge in [0.2, 0.25) is 17.7 Å². The molecular weight excluding hydrogens is 482 g/mol. The highest BCUT2D eigenvalue weighted by Gasteiger charge is 2.50. The van der Waals surface area contributed by atoms with Crippen LogP contribution in [0.25, 0.3) is 0 Å². The van der Waals surface area contributed by atoms with Gasteiger partial charge in [-0.25, -0.2) is 4.98 Å². The predicted molar refractivity (Wildman–Crippen MR) is 135 cm³/mol.